The second kappa shape index (κ2) is 10.7. The quantitative estimate of drug-likeness (QED) is 0.478. The van der Waals surface area contributed by atoms with Crippen LogP contribution in [0, 0.1) is 23.2 Å². The molecule has 1 aromatic carbocycles. The average Bonchev–Trinajstić information content (AvgIpc) is 3.20. The van der Waals surface area contributed by atoms with Crippen LogP contribution in [0.15, 0.2) is 30.3 Å². The molecule has 3 N–H and O–H groups in total. The number of ether oxygens (including phenoxy) is 1. The van der Waals surface area contributed by atoms with Crippen LogP contribution >= 0.6 is 0 Å². The SMILES string of the molecule is CC(C)(C)OC(=O)N1C[C@H]2[C@@H]([C@H]1C(=O)N[C@@H](C[C@@H]1CCCC1=O)C(O)C(=O)NCc1ccccc1)C2(C)C. The van der Waals surface area contributed by atoms with E-state index < -0.39 is 41.7 Å². The Hall–Kier alpha value is -2.94. The summed E-state index contributed by atoms with van der Waals surface area (Å²) in [5, 5.41) is 16.7. The maximum atomic E-state index is 13.7. The Morgan fingerprint density at radius 2 is 1.87 bits per heavy atom. The van der Waals surface area contributed by atoms with Gasteiger partial charge in [-0.25, -0.2) is 4.79 Å². The molecule has 0 spiro atoms. The number of amides is 3. The molecular formula is C29H41N3O6. The topological polar surface area (TPSA) is 125 Å². The van der Waals surface area contributed by atoms with E-state index >= 15 is 0 Å². The first-order valence-corrected chi connectivity index (χ1v) is 13.6. The summed E-state index contributed by atoms with van der Waals surface area (Å²) >= 11 is 0. The van der Waals surface area contributed by atoms with Crippen LogP contribution in [0.2, 0.25) is 0 Å². The standard InChI is InChI=1S/C29H41N3O6/c1-28(2,3)38-27(37)32-16-19-22(29(19,4)5)23(32)25(35)31-20(14-18-12-9-13-21(18)33)24(34)26(36)30-15-17-10-7-6-8-11-17/h6-8,10-11,18-20,22-24,34H,9,12-16H2,1-5H3,(H,30,36)(H,31,35)/t18-,19-,20-,22-,23-,24?/m0/s1. The molecule has 3 aliphatic rings. The molecule has 1 unspecified atom stereocenters. The third-order valence-electron chi connectivity index (χ3n) is 8.36. The maximum Gasteiger partial charge on any atom is 0.410 e. The highest BCUT2D eigenvalue weighted by molar-refractivity contribution is 5.89. The monoisotopic (exact) mass is 527 g/mol. The van der Waals surface area contributed by atoms with E-state index in [1.807, 2.05) is 30.3 Å². The van der Waals surface area contributed by atoms with Crippen molar-refractivity contribution < 1.29 is 29.0 Å². The van der Waals surface area contributed by atoms with E-state index in [2.05, 4.69) is 24.5 Å². The van der Waals surface area contributed by atoms with Crippen molar-refractivity contribution in [3.8, 4) is 0 Å². The van der Waals surface area contributed by atoms with Gasteiger partial charge in [0.05, 0.1) is 6.04 Å². The van der Waals surface area contributed by atoms with Crippen molar-refractivity contribution >= 4 is 23.7 Å². The molecule has 1 saturated heterocycles. The first kappa shape index (κ1) is 28.1. The van der Waals surface area contributed by atoms with Crippen LogP contribution in [0.1, 0.15) is 65.9 Å². The zero-order chi connectivity index (χ0) is 27.8. The summed E-state index contributed by atoms with van der Waals surface area (Å²) in [7, 11) is 0. The molecule has 2 aliphatic carbocycles. The van der Waals surface area contributed by atoms with Crippen LogP contribution in [0.5, 0.6) is 0 Å². The van der Waals surface area contributed by atoms with Gasteiger partial charge in [-0.15, -0.1) is 0 Å². The molecule has 1 aliphatic heterocycles. The summed E-state index contributed by atoms with van der Waals surface area (Å²) in [4.78, 5) is 53.5. The minimum absolute atomic E-state index is 0.0483. The molecule has 0 aromatic heterocycles. The number of nitrogens with zero attached hydrogens (tertiary/aromatic N) is 1. The van der Waals surface area contributed by atoms with Gasteiger partial charge in [0.2, 0.25) is 5.91 Å². The molecule has 1 heterocycles. The lowest BCUT2D eigenvalue weighted by molar-refractivity contribution is -0.135. The fraction of sp³-hybridized carbons (Fsp3) is 0.655. The minimum atomic E-state index is -1.55. The lowest BCUT2D eigenvalue weighted by Gasteiger charge is -2.33. The summed E-state index contributed by atoms with van der Waals surface area (Å²) in [5.74, 6) is -1.18. The summed E-state index contributed by atoms with van der Waals surface area (Å²) in [6.07, 6.45) is -0.0439. The molecule has 9 nitrogen and oxygen atoms in total. The average molecular weight is 528 g/mol. The third kappa shape index (κ3) is 6.03. The predicted molar refractivity (Wildman–Crippen MR) is 141 cm³/mol. The lowest BCUT2D eigenvalue weighted by Crippen LogP contribution is -2.57. The van der Waals surface area contributed by atoms with Crippen molar-refractivity contribution in [2.45, 2.75) is 90.6 Å². The Morgan fingerprint density at radius 1 is 1.18 bits per heavy atom. The highest BCUT2D eigenvalue weighted by Crippen LogP contribution is 2.65. The smallest absolute Gasteiger partial charge is 0.410 e. The molecular weight excluding hydrogens is 486 g/mol. The van der Waals surface area contributed by atoms with E-state index in [-0.39, 0.29) is 41.9 Å². The molecule has 208 valence electrons. The van der Waals surface area contributed by atoms with Gasteiger partial charge in [0, 0.05) is 25.4 Å². The number of benzene rings is 1. The Labute approximate surface area is 224 Å². The molecule has 0 bridgehead atoms. The Morgan fingerprint density at radius 3 is 2.47 bits per heavy atom. The van der Waals surface area contributed by atoms with Gasteiger partial charge in [0.1, 0.15) is 17.4 Å². The van der Waals surface area contributed by atoms with E-state index in [0.29, 0.717) is 19.4 Å². The van der Waals surface area contributed by atoms with Gasteiger partial charge in [-0.3, -0.25) is 19.3 Å². The van der Waals surface area contributed by atoms with Crippen molar-refractivity contribution in [3.05, 3.63) is 35.9 Å². The van der Waals surface area contributed by atoms with E-state index in [0.717, 1.165) is 12.0 Å². The van der Waals surface area contributed by atoms with E-state index in [1.54, 1.807) is 20.8 Å². The number of carbonyl (C=O) groups excluding carboxylic acids is 4. The Balaban J connectivity index is 1.50. The van der Waals surface area contributed by atoms with Gasteiger partial charge in [0.15, 0.2) is 6.10 Å². The van der Waals surface area contributed by atoms with E-state index in [4.69, 9.17) is 4.74 Å². The Bertz CT molecular complexity index is 1070. The van der Waals surface area contributed by atoms with Gasteiger partial charge in [-0.1, -0.05) is 44.2 Å². The summed E-state index contributed by atoms with van der Waals surface area (Å²) < 4.78 is 5.57. The van der Waals surface area contributed by atoms with Crippen LogP contribution in [-0.4, -0.2) is 64.0 Å². The number of hydrogen-bond acceptors (Lipinski definition) is 6. The molecule has 4 rings (SSSR count). The van der Waals surface area contributed by atoms with Crippen LogP contribution in [0.4, 0.5) is 4.79 Å². The number of piperidine rings is 1. The number of aliphatic hydroxyl groups is 1. The largest absolute Gasteiger partial charge is 0.444 e. The highest BCUT2D eigenvalue weighted by Gasteiger charge is 2.70. The number of fused-ring (bicyclic) bond motifs is 1. The van der Waals surface area contributed by atoms with E-state index in [9.17, 15) is 24.3 Å². The van der Waals surface area contributed by atoms with Crippen LogP contribution < -0.4 is 10.6 Å². The number of hydrogen-bond donors (Lipinski definition) is 3. The van der Waals surface area contributed by atoms with Crippen LogP contribution in [-0.2, 0) is 25.7 Å². The molecule has 9 heteroatoms. The van der Waals surface area contributed by atoms with Gasteiger partial charge < -0.3 is 20.5 Å². The number of carbonyl (C=O) groups is 4. The number of aliphatic hydroxyl groups excluding tert-OH is 1. The summed E-state index contributed by atoms with van der Waals surface area (Å²) in [5.41, 5.74) is 0.0580. The first-order valence-electron chi connectivity index (χ1n) is 13.6. The maximum absolute atomic E-state index is 13.7. The zero-order valence-corrected chi connectivity index (χ0v) is 23.0. The van der Waals surface area contributed by atoms with Crippen molar-refractivity contribution in [2.24, 2.45) is 23.2 Å². The third-order valence-corrected chi connectivity index (χ3v) is 8.36. The molecule has 3 fully saturated rings. The van der Waals surface area contributed by atoms with Gasteiger partial charge in [0.25, 0.3) is 5.91 Å². The lowest BCUT2D eigenvalue weighted by atomic mass is 9.93. The predicted octanol–water partition coefficient (Wildman–Crippen LogP) is 2.80. The van der Waals surface area contributed by atoms with E-state index in [1.165, 1.54) is 4.90 Å². The first-order chi connectivity index (χ1) is 17.8. The van der Waals surface area contributed by atoms with Crippen molar-refractivity contribution in [1.82, 2.24) is 15.5 Å². The normalized spacial score (nSPS) is 27.3. The fourth-order valence-corrected chi connectivity index (χ4v) is 6.15. The van der Waals surface area contributed by atoms with Gasteiger partial charge >= 0.3 is 6.09 Å². The second-order valence-corrected chi connectivity index (χ2v) is 12.6. The van der Waals surface area contributed by atoms with Gasteiger partial charge in [-0.2, -0.15) is 0 Å². The number of likely N-dealkylation sites (tertiary alicyclic amines) is 1. The number of rotatable bonds is 8. The fourth-order valence-electron chi connectivity index (χ4n) is 6.15. The number of nitrogens with one attached hydrogen (secondary N) is 2. The van der Waals surface area contributed by atoms with Crippen molar-refractivity contribution in [2.75, 3.05) is 6.54 Å². The summed E-state index contributed by atoms with van der Waals surface area (Å²) in [6, 6.07) is 7.58. The van der Waals surface area contributed by atoms with Crippen molar-refractivity contribution in [1.29, 1.82) is 0 Å². The van der Waals surface area contributed by atoms with Gasteiger partial charge in [-0.05, 0) is 62.8 Å². The molecule has 2 saturated carbocycles. The summed E-state index contributed by atoms with van der Waals surface area (Å²) in [6.45, 7) is 10.1. The second-order valence-electron chi connectivity index (χ2n) is 12.6. The molecule has 38 heavy (non-hydrogen) atoms. The molecule has 6 atom stereocenters. The zero-order valence-electron chi connectivity index (χ0n) is 23.0. The van der Waals surface area contributed by atoms with Crippen LogP contribution in [0.25, 0.3) is 0 Å². The molecule has 0 radical (unpaired) electrons. The minimum Gasteiger partial charge on any atom is -0.444 e. The number of Topliss-reactive ketones (excluding diaryl/α,β-unsaturated/α-hetero) is 1. The van der Waals surface area contributed by atoms with Crippen LogP contribution in [0.3, 0.4) is 0 Å². The number of ketones is 1. The molecule has 1 aromatic rings. The molecule has 3 amide bonds. The Kier molecular flexibility index (Phi) is 7.89. The van der Waals surface area contributed by atoms with Crippen molar-refractivity contribution in [3.63, 3.8) is 0 Å². The highest BCUT2D eigenvalue weighted by atomic mass is 16.6.